The molecular weight excluding hydrogens is 533 g/mol. The van der Waals surface area contributed by atoms with Crippen LogP contribution in [-0.2, 0) is 0 Å². The predicted molar refractivity (Wildman–Crippen MR) is 156 cm³/mol. The van der Waals surface area contributed by atoms with Gasteiger partial charge in [0.05, 0.1) is 0 Å². The van der Waals surface area contributed by atoms with Crippen LogP contribution in [0.4, 0.5) is 0 Å². The third-order valence-electron chi connectivity index (χ3n) is 7.58. The summed E-state index contributed by atoms with van der Waals surface area (Å²) in [7, 11) is 0. The summed E-state index contributed by atoms with van der Waals surface area (Å²) < 4.78 is 4.53. The van der Waals surface area contributed by atoms with Gasteiger partial charge < -0.3 is 0 Å². The third-order valence-corrected chi connectivity index (χ3v) is 9.71. The molecule has 3 nitrogen and oxygen atoms in total. The maximum atomic E-state index is 13.8. The van der Waals surface area contributed by atoms with Crippen LogP contribution >= 0.6 is 0 Å². The van der Waals surface area contributed by atoms with Crippen LogP contribution in [0.1, 0.15) is 25.2 Å². The third kappa shape index (κ3) is 2.90. The van der Waals surface area contributed by atoms with Gasteiger partial charge >= 0.3 is 225 Å². The molecule has 1 aliphatic carbocycles. The zero-order chi connectivity index (χ0) is 25.4. The van der Waals surface area contributed by atoms with Crippen LogP contribution in [0.3, 0.4) is 0 Å². The van der Waals surface area contributed by atoms with Gasteiger partial charge in [-0.2, -0.15) is 0 Å². The fraction of sp³-hybridized carbons (Fsp3) is 0. The summed E-state index contributed by atoms with van der Waals surface area (Å²) in [5.74, 6) is -0.345. The number of aromatic nitrogens is 1. The molecule has 8 rings (SSSR count). The van der Waals surface area contributed by atoms with Gasteiger partial charge in [0, 0.05) is 0 Å². The molecular formula is C34H19NO2Se. The molecule has 0 amide bonds. The van der Waals surface area contributed by atoms with Gasteiger partial charge in [0.1, 0.15) is 0 Å². The Morgan fingerprint density at radius 1 is 0.500 bits per heavy atom. The molecule has 0 unspecified atom stereocenters. The van der Waals surface area contributed by atoms with E-state index in [1.165, 1.54) is 26.4 Å². The molecule has 0 fully saturated rings. The fourth-order valence-corrected chi connectivity index (χ4v) is 8.01. The number of nitrogens with zero attached hydrogens (tertiary/aromatic N) is 1. The van der Waals surface area contributed by atoms with Crippen LogP contribution in [0.2, 0.25) is 0 Å². The zero-order valence-corrected chi connectivity index (χ0v) is 21.9. The van der Waals surface area contributed by atoms with Crippen LogP contribution in [0, 0.1) is 0 Å². The number of carbonyl (C=O) groups is 2. The second-order valence-corrected chi connectivity index (χ2v) is 11.9. The van der Waals surface area contributed by atoms with Crippen molar-refractivity contribution >= 4 is 75.5 Å². The van der Waals surface area contributed by atoms with Crippen molar-refractivity contribution < 1.29 is 9.59 Å². The van der Waals surface area contributed by atoms with Crippen molar-refractivity contribution in [3.8, 4) is 4.56 Å². The first-order valence-electron chi connectivity index (χ1n) is 12.5. The second kappa shape index (κ2) is 8.00. The number of benzene rings is 5. The number of para-hydroxylation sites is 2. The topological polar surface area (TPSA) is 39.1 Å². The molecule has 2 aromatic heterocycles. The van der Waals surface area contributed by atoms with E-state index in [9.17, 15) is 9.59 Å². The molecule has 38 heavy (non-hydrogen) atoms. The number of allylic oxidation sites excluding steroid dienone is 1. The van der Waals surface area contributed by atoms with E-state index >= 15 is 0 Å². The molecule has 0 radical (unpaired) electrons. The van der Waals surface area contributed by atoms with Crippen LogP contribution in [-0.4, -0.2) is 30.6 Å². The quantitative estimate of drug-likeness (QED) is 0.0959. The second-order valence-electron chi connectivity index (χ2n) is 9.60. The van der Waals surface area contributed by atoms with E-state index < -0.39 is 0 Å². The fourth-order valence-electron chi connectivity index (χ4n) is 5.96. The Kier molecular flexibility index (Phi) is 4.54. The van der Waals surface area contributed by atoms with Gasteiger partial charge in [0.2, 0.25) is 0 Å². The summed E-state index contributed by atoms with van der Waals surface area (Å²) >= 11 is -0.0585. The summed E-state index contributed by atoms with van der Waals surface area (Å²) in [6, 6.07) is 36.9. The first kappa shape index (κ1) is 21.6. The summed E-state index contributed by atoms with van der Waals surface area (Å²) in [6.45, 7) is 0. The van der Waals surface area contributed by atoms with Crippen molar-refractivity contribution in [2.45, 2.75) is 0 Å². The van der Waals surface area contributed by atoms with E-state index in [4.69, 9.17) is 0 Å². The summed E-state index contributed by atoms with van der Waals surface area (Å²) in [4.78, 5) is 27.6. The molecule has 5 aromatic carbocycles. The average molecular weight is 552 g/mol. The summed E-state index contributed by atoms with van der Waals surface area (Å²) in [5.41, 5.74) is 3.69. The van der Waals surface area contributed by atoms with Gasteiger partial charge in [-0.1, -0.05) is 0 Å². The molecule has 0 atom stereocenters. The molecule has 0 spiro atoms. The van der Waals surface area contributed by atoms with E-state index in [0.717, 1.165) is 26.0 Å². The average Bonchev–Trinajstić information content (AvgIpc) is 3.63. The van der Waals surface area contributed by atoms with Crippen molar-refractivity contribution in [2.75, 3.05) is 0 Å². The number of fused-ring (bicyclic) bond motifs is 9. The number of hydrogen-bond acceptors (Lipinski definition) is 2. The van der Waals surface area contributed by atoms with Gasteiger partial charge in [0.25, 0.3) is 0 Å². The van der Waals surface area contributed by atoms with Crippen LogP contribution in [0.25, 0.3) is 54.0 Å². The number of ketones is 2. The Labute approximate surface area is 224 Å². The van der Waals surface area contributed by atoms with Crippen molar-refractivity contribution in [2.24, 2.45) is 0 Å². The first-order valence-corrected chi connectivity index (χ1v) is 14.2. The zero-order valence-electron chi connectivity index (χ0n) is 20.1. The van der Waals surface area contributed by atoms with Crippen LogP contribution < -0.4 is 0 Å². The van der Waals surface area contributed by atoms with Gasteiger partial charge in [-0.15, -0.1) is 0 Å². The maximum absolute atomic E-state index is 13.8. The minimum atomic E-state index is -0.172. The summed E-state index contributed by atoms with van der Waals surface area (Å²) in [6.07, 6.45) is 1.84. The van der Waals surface area contributed by atoms with Crippen molar-refractivity contribution in [1.82, 2.24) is 4.57 Å². The van der Waals surface area contributed by atoms with Crippen molar-refractivity contribution in [3.05, 3.63) is 130 Å². The molecule has 0 aliphatic heterocycles. The Hall–Kier alpha value is -4.50. The Bertz CT molecular complexity index is 2050. The van der Waals surface area contributed by atoms with E-state index in [0.29, 0.717) is 11.1 Å². The molecule has 1 aliphatic rings. The van der Waals surface area contributed by atoms with Crippen molar-refractivity contribution in [1.29, 1.82) is 0 Å². The predicted octanol–water partition coefficient (Wildman–Crippen LogP) is 7.61. The number of Topliss-reactive ketones (excluding diaryl/α,β-unsaturated/α-hetero) is 2. The number of carbonyl (C=O) groups excluding carboxylic acids is 2. The molecule has 7 aromatic rings. The SMILES string of the molecule is O=C1C(=Cc2ccc(-n3c4ccccc4c4ccccc43)[se]2)C(=O)c2c1c1ccccc1c1ccccc21. The first-order chi connectivity index (χ1) is 18.7. The molecule has 0 saturated heterocycles. The monoisotopic (exact) mass is 553 g/mol. The molecule has 2 heterocycles. The van der Waals surface area contributed by atoms with Gasteiger partial charge in [0.15, 0.2) is 0 Å². The molecule has 0 saturated carbocycles. The molecule has 4 heteroatoms. The van der Waals surface area contributed by atoms with E-state index in [2.05, 4.69) is 65.2 Å². The molecule has 178 valence electrons. The van der Waals surface area contributed by atoms with Crippen LogP contribution in [0.5, 0.6) is 0 Å². The number of rotatable bonds is 2. The van der Waals surface area contributed by atoms with Gasteiger partial charge in [-0.25, -0.2) is 0 Å². The number of hydrogen-bond donors (Lipinski definition) is 0. The van der Waals surface area contributed by atoms with Crippen LogP contribution in [0.15, 0.2) is 115 Å². The van der Waals surface area contributed by atoms with Gasteiger partial charge in [-0.3, -0.25) is 0 Å². The van der Waals surface area contributed by atoms with Crippen molar-refractivity contribution in [3.63, 3.8) is 0 Å². The molecule has 0 bridgehead atoms. The van der Waals surface area contributed by atoms with E-state index in [1.54, 1.807) is 0 Å². The van der Waals surface area contributed by atoms with E-state index in [1.807, 2.05) is 54.6 Å². The van der Waals surface area contributed by atoms with E-state index in [-0.39, 0.29) is 31.6 Å². The Balaban J connectivity index is 1.30. The molecule has 0 N–H and O–H groups in total. The summed E-state index contributed by atoms with van der Waals surface area (Å²) in [5, 5.41) is 6.15. The normalized spacial score (nSPS) is 13.3. The Morgan fingerprint density at radius 2 is 0.947 bits per heavy atom. The Morgan fingerprint density at radius 3 is 1.47 bits per heavy atom. The van der Waals surface area contributed by atoms with Gasteiger partial charge in [-0.05, 0) is 0 Å². The standard InChI is InChI=1S/C34H19NO2Se/c36-33-27(34(37)32-26-14-4-2-10-22(26)21-9-1-3-13-25(21)31(32)33)19-20-17-18-30(38-20)35-28-15-7-5-11-23(28)24-12-6-8-16-29(24)35/h1-19H. The minimum absolute atomic E-state index is 0.0585.